The Hall–Kier alpha value is -2.28. The largest absolute Gasteiger partial charge is 0.492 e. The Bertz CT molecular complexity index is 1200. The fourth-order valence-electron chi connectivity index (χ4n) is 8.19. The van der Waals surface area contributed by atoms with Gasteiger partial charge >= 0.3 is 5.97 Å². The smallest absolute Gasteiger partial charge is 0.303 e. The van der Waals surface area contributed by atoms with Crippen LogP contribution >= 0.6 is 11.6 Å². The Morgan fingerprint density at radius 2 is 1.80 bits per heavy atom. The number of aliphatic carboxylic acids is 1. The number of carboxylic acids is 1. The number of rotatable bonds is 12. The zero-order valence-corrected chi connectivity index (χ0v) is 25.5. The Balaban J connectivity index is 1.41. The molecule has 2 N–H and O–H groups in total. The third-order valence-electron chi connectivity index (χ3n) is 10.4. The van der Waals surface area contributed by atoms with Crippen LogP contribution in [0, 0.1) is 17.3 Å². The van der Waals surface area contributed by atoms with Crippen molar-refractivity contribution in [3.8, 4) is 11.5 Å². The van der Waals surface area contributed by atoms with Crippen LogP contribution in [0.25, 0.3) is 0 Å². The van der Waals surface area contributed by atoms with Crippen LogP contribution in [0.2, 0.25) is 5.02 Å². The number of carboxylic acid groups (broad SMARTS) is 1. The van der Waals surface area contributed by atoms with E-state index in [0.29, 0.717) is 48.2 Å². The third kappa shape index (κ3) is 6.11. The summed E-state index contributed by atoms with van der Waals surface area (Å²) in [4.78, 5) is 13.2. The monoisotopic (exact) mass is 583 g/mol. The third-order valence-corrected chi connectivity index (χ3v) is 10.8. The molecule has 6 atom stereocenters. The molecule has 3 aliphatic carbocycles. The summed E-state index contributed by atoms with van der Waals surface area (Å²) < 4.78 is 12.0. The van der Waals surface area contributed by atoms with E-state index < -0.39 is 5.97 Å². The molecule has 41 heavy (non-hydrogen) atoms. The first kappa shape index (κ1) is 30.2. The van der Waals surface area contributed by atoms with E-state index in [1.54, 1.807) is 0 Å². The van der Waals surface area contributed by atoms with Gasteiger partial charge in [0.25, 0.3) is 0 Å². The van der Waals surface area contributed by atoms with Gasteiger partial charge in [-0.3, -0.25) is 4.79 Å². The molecule has 2 saturated carbocycles. The van der Waals surface area contributed by atoms with Gasteiger partial charge in [-0.25, -0.2) is 0 Å². The van der Waals surface area contributed by atoms with E-state index in [-0.39, 0.29) is 23.9 Å². The second-order valence-electron chi connectivity index (χ2n) is 12.5. The summed E-state index contributed by atoms with van der Waals surface area (Å²) >= 11 is 6.97. The highest BCUT2D eigenvalue weighted by Gasteiger charge is 2.58. The molecule has 3 aliphatic rings. The lowest BCUT2D eigenvalue weighted by atomic mass is 9.51. The van der Waals surface area contributed by atoms with Gasteiger partial charge in [0.2, 0.25) is 0 Å². The number of hydrogen-bond donors (Lipinski definition) is 2. The molecule has 0 aliphatic heterocycles. The second-order valence-corrected chi connectivity index (χ2v) is 12.9. The van der Waals surface area contributed by atoms with Crippen LogP contribution in [0.5, 0.6) is 11.5 Å². The molecule has 0 radical (unpaired) electrons. The normalized spacial score (nSPS) is 28.6. The number of likely N-dealkylation sites (N-methyl/N-ethyl adjacent to an activating group) is 1. The number of aliphatic hydroxyl groups is 1. The minimum Gasteiger partial charge on any atom is -0.492 e. The molecule has 2 aromatic carbocycles. The number of aliphatic hydroxyl groups excluding tert-OH is 1. The minimum absolute atomic E-state index is 0.0831. The van der Waals surface area contributed by atoms with Crippen molar-refractivity contribution in [2.45, 2.75) is 83.7 Å². The first-order chi connectivity index (χ1) is 19.8. The molecular formula is C34H46ClNO5. The number of halogens is 1. The van der Waals surface area contributed by atoms with Gasteiger partial charge in [-0.05, 0) is 116 Å². The second kappa shape index (κ2) is 12.9. The van der Waals surface area contributed by atoms with Gasteiger partial charge in [-0.1, -0.05) is 50.6 Å². The molecule has 0 amide bonds. The lowest BCUT2D eigenvalue weighted by Gasteiger charge is -2.54. The Morgan fingerprint density at radius 1 is 1.05 bits per heavy atom. The summed E-state index contributed by atoms with van der Waals surface area (Å²) in [7, 11) is 0. The van der Waals surface area contributed by atoms with Crippen molar-refractivity contribution >= 4 is 17.6 Å². The SMILES string of the molecule is CCN(CC)CCOc1ccc([C@H]2C[C@]3(C)[C@@H](O)CC[C@H]3[C@@H]3CCc4c(ccc(OCCCC(=O)O)c4Cl)[C@H]32)cc1. The Kier molecular flexibility index (Phi) is 9.52. The fraction of sp³-hybridized carbons (Fsp3) is 0.618. The van der Waals surface area contributed by atoms with Crippen molar-refractivity contribution in [1.82, 2.24) is 4.90 Å². The standard InChI is InChI=1S/C34H46ClNO5/c1-4-36(5-2)18-20-40-23-10-8-22(9-11-23)27-21-34(3)28(15-17-30(34)37)26-13-12-25-24(32(26)27)14-16-29(33(25)35)41-19-6-7-31(38)39/h8-11,14,16,26-28,30,32,37H,4-7,12-13,15,17-21H2,1-3H3,(H,38,39)/t26-,27+,28-,30-,32+,34-/m0/s1. The Morgan fingerprint density at radius 3 is 2.51 bits per heavy atom. The maximum atomic E-state index is 11.2. The predicted molar refractivity (Wildman–Crippen MR) is 162 cm³/mol. The van der Waals surface area contributed by atoms with E-state index in [1.807, 2.05) is 6.07 Å². The Labute approximate surface area is 250 Å². The van der Waals surface area contributed by atoms with Gasteiger partial charge in [0.15, 0.2) is 0 Å². The predicted octanol–water partition coefficient (Wildman–Crippen LogP) is 6.91. The van der Waals surface area contributed by atoms with Crippen molar-refractivity contribution in [2.75, 3.05) is 32.8 Å². The summed E-state index contributed by atoms with van der Waals surface area (Å²) in [5.41, 5.74) is 3.70. The van der Waals surface area contributed by atoms with Crippen LogP contribution in [0.1, 0.15) is 87.8 Å². The molecule has 6 nitrogen and oxygen atoms in total. The van der Waals surface area contributed by atoms with E-state index in [1.165, 1.54) is 16.7 Å². The number of nitrogens with zero attached hydrogens (tertiary/aromatic N) is 1. The molecule has 0 bridgehead atoms. The molecule has 224 valence electrons. The molecule has 0 spiro atoms. The van der Waals surface area contributed by atoms with Gasteiger partial charge in [0.1, 0.15) is 18.1 Å². The van der Waals surface area contributed by atoms with Crippen molar-refractivity contribution in [3.63, 3.8) is 0 Å². The fourth-order valence-corrected chi connectivity index (χ4v) is 8.51. The van der Waals surface area contributed by atoms with E-state index >= 15 is 0 Å². The minimum atomic E-state index is -0.817. The summed E-state index contributed by atoms with van der Waals surface area (Å²) in [6.45, 7) is 10.6. The highest BCUT2D eigenvalue weighted by Crippen LogP contribution is 2.65. The lowest BCUT2D eigenvalue weighted by Crippen LogP contribution is -2.47. The average molecular weight is 584 g/mol. The molecule has 0 saturated heterocycles. The highest BCUT2D eigenvalue weighted by molar-refractivity contribution is 6.33. The summed E-state index contributed by atoms with van der Waals surface area (Å²) in [6.07, 6.45) is 5.14. The lowest BCUT2D eigenvalue weighted by molar-refractivity contribution is -0.137. The van der Waals surface area contributed by atoms with E-state index in [4.69, 9.17) is 26.2 Å². The van der Waals surface area contributed by atoms with Crippen molar-refractivity contribution in [2.24, 2.45) is 17.3 Å². The average Bonchev–Trinajstić information content (AvgIpc) is 3.27. The van der Waals surface area contributed by atoms with Gasteiger partial charge in [0.05, 0.1) is 17.7 Å². The first-order valence-electron chi connectivity index (χ1n) is 15.6. The van der Waals surface area contributed by atoms with Crippen molar-refractivity contribution < 1.29 is 24.5 Å². The molecule has 0 heterocycles. The molecule has 7 heteroatoms. The maximum absolute atomic E-state index is 11.2. The summed E-state index contributed by atoms with van der Waals surface area (Å²) in [5.74, 6) is 2.32. The van der Waals surface area contributed by atoms with E-state index in [2.05, 4.69) is 56.0 Å². The number of benzene rings is 2. The maximum Gasteiger partial charge on any atom is 0.303 e. The van der Waals surface area contributed by atoms with E-state index in [9.17, 15) is 9.90 Å². The van der Waals surface area contributed by atoms with Crippen molar-refractivity contribution in [3.05, 3.63) is 58.1 Å². The number of fused-ring (bicyclic) bond motifs is 5. The van der Waals surface area contributed by atoms with Gasteiger partial charge in [-0.15, -0.1) is 0 Å². The number of carbonyl (C=O) groups is 1. The quantitative estimate of drug-likeness (QED) is 0.264. The highest BCUT2D eigenvalue weighted by atomic mass is 35.5. The van der Waals surface area contributed by atoms with Crippen LogP contribution in [0.3, 0.4) is 0 Å². The number of ether oxygens (including phenoxy) is 2. The molecular weight excluding hydrogens is 538 g/mol. The van der Waals surface area contributed by atoms with Crippen molar-refractivity contribution in [1.29, 1.82) is 0 Å². The van der Waals surface area contributed by atoms with Gasteiger partial charge in [-0.2, -0.15) is 0 Å². The van der Waals surface area contributed by atoms with Crippen LogP contribution in [-0.4, -0.2) is 60.0 Å². The molecule has 5 rings (SSSR count). The summed E-state index contributed by atoms with van der Waals surface area (Å²) in [5, 5.41) is 20.8. The molecule has 0 unspecified atom stereocenters. The van der Waals surface area contributed by atoms with Gasteiger partial charge in [0, 0.05) is 13.0 Å². The molecule has 0 aromatic heterocycles. The van der Waals surface area contributed by atoms with Crippen LogP contribution < -0.4 is 9.47 Å². The zero-order chi connectivity index (χ0) is 29.1. The van der Waals surface area contributed by atoms with Crippen LogP contribution in [0.15, 0.2) is 36.4 Å². The molecule has 2 aromatic rings. The summed E-state index contributed by atoms with van der Waals surface area (Å²) in [6, 6.07) is 12.9. The topological polar surface area (TPSA) is 79.2 Å². The zero-order valence-electron chi connectivity index (χ0n) is 24.8. The van der Waals surface area contributed by atoms with Gasteiger partial charge < -0.3 is 24.6 Å². The van der Waals surface area contributed by atoms with Crippen LogP contribution in [0.4, 0.5) is 0 Å². The molecule has 2 fully saturated rings. The first-order valence-corrected chi connectivity index (χ1v) is 15.9. The van der Waals surface area contributed by atoms with E-state index in [0.717, 1.165) is 57.5 Å². The number of hydrogen-bond acceptors (Lipinski definition) is 5. The van der Waals surface area contributed by atoms with Crippen LogP contribution in [-0.2, 0) is 11.2 Å².